The zero-order valence-electron chi connectivity index (χ0n) is 9.38. The van der Waals surface area contributed by atoms with Gasteiger partial charge in [-0.2, -0.15) is 5.26 Å². The lowest BCUT2D eigenvalue weighted by Gasteiger charge is -2.13. The Morgan fingerprint density at radius 1 is 1.41 bits per heavy atom. The van der Waals surface area contributed by atoms with Gasteiger partial charge < -0.3 is 4.74 Å². The number of hydrogen-bond acceptors (Lipinski definition) is 2. The molecule has 1 aromatic carbocycles. The van der Waals surface area contributed by atoms with Crippen LogP contribution in [0.15, 0.2) is 22.7 Å². The minimum atomic E-state index is 0.135. The van der Waals surface area contributed by atoms with E-state index in [-0.39, 0.29) is 5.41 Å². The summed E-state index contributed by atoms with van der Waals surface area (Å²) in [7, 11) is 0. The van der Waals surface area contributed by atoms with Crippen LogP contribution in [0.25, 0.3) is 0 Å². The first-order chi connectivity index (χ1) is 8.19. The maximum atomic E-state index is 8.74. The van der Waals surface area contributed by atoms with E-state index in [0.29, 0.717) is 13.0 Å². The van der Waals surface area contributed by atoms with Crippen LogP contribution < -0.4 is 4.74 Å². The van der Waals surface area contributed by atoms with Crippen LogP contribution in [0.1, 0.15) is 24.8 Å². The molecule has 1 saturated carbocycles. The highest BCUT2D eigenvalue weighted by Gasteiger charge is 2.43. The molecule has 0 aromatic heterocycles. The summed E-state index contributed by atoms with van der Waals surface area (Å²) in [4.78, 5) is 0. The highest BCUT2D eigenvalue weighted by molar-refractivity contribution is 9.10. The predicted octanol–water partition coefficient (Wildman–Crippen LogP) is 4.42. The molecule has 0 spiro atoms. The van der Waals surface area contributed by atoms with Crippen molar-refractivity contribution in [2.75, 3.05) is 6.61 Å². The first kappa shape index (κ1) is 12.9. The molecule has 0 N–H and O–H groups in total. The van der Waals surface area contributed by atoms with E-state index in [1.807, 2.05) is 18.2 Å². The standard InChI is InChI=1S/C13H13Br2NO/c14-8-10-7-11(1-2-12(10)15)17-9-13(3-4-13)5-6-16/h1-2,7H,3-5,8-9H2. The van der Waals surface area contributed by atoms with E-state index in [9.17, 15) is 0 Å². The number of ether oxygens (including phenoxy) is 1. The molecule has 0 radical (unpaired) electrons. The molecule has 0 bridgehead atoms. The second-order valence-electron chi connectivity index (χ2n) is 4.51. The summed E-state index contributed by atoms with van der Waals surface area (Å²) in [6.45, 7) is 0.657. The molecule has 17 heavy (non-hydrogen) atoms. The topological polar surface area (TPSA) is 33.0 Å². The van der Waals surface area contributed by atoms with Crippen molar-refractivity contribution < 1.29 is 4.74 Å². The van der Waals surface area contributed by atoms with Gasteiger partial charge in [0.05, 0.1) is 12.7 Å². The Morgan fingerprint density at radius 3 is 2.76 bits per heavy atom. The Morgan fingerprint density at radius 2 is 2.18 bits per heavy atom. The van der Waals surface area contributed by atoms with Crippen LogP contribution in [0.5, 0.6) is 5.75 Å². The Balaban J connectivity index is 1.98. The molecule has 1 aliphatic carbocycles. The van der Waals surface area contributed by atoms with E-state index in [1.54, 1.807) is 0 Å². The molecule has 0 atom stereocenters. The summed E-state index contributed by atoms with van der Waals surface area (Å²) in [6.07, 6.45) is 2.83. The van der Waals surface area contributed by atoms with Crippen molar-refractivity contribution in [1.29, 1.82) is 5.26 Å². The fraction of sp³-hybridized carbons (Fsp3) is 0.462. The molecule has 0 saturated heterocycles. The van der Waals surface area contributed by atoms with Crippen LogP contribution in [0.2, 0.25) is 0 Å². The van der Waals surface area contributed by atoms with Crippen LogP contribution in [0.4, 0.5) is 0 Å². The SMILES string of the molecule is N#CCC1(COc2ccc(Br)c(CBr)c2)CC1. The Hall–Kier alpha value is -0.530. The first-order valence-corrected chi connectivity index (χ1v) is 7.45. The Bertz CT molecular complexity index is 449. The van der Waals surface area contributed by atoms with E-state index < -0.39 is 0 Å². The van der Waals surface area contributed by atoms with Gasteiger partial charge in [-0.05, 0) is 36.6 Å². The average Bonchev–Trinajstić information content (AvgIpc) is 3.09. The molecular formula is C13H13Br2NO. The Kier molecular flexibility index (Phi) is 4.11. The molecule has 90 valence electrons. The first-order valence-electron chi connectivity index (χ1n) is 5.53. The van der Waals surface area contributed by atoms with Crippen molar-refractivity contribution in [2.24, 2.45) is 5.41 Å². The molecule has 0 aliphatic heterocycles. The van der Waals surface area contributed by atoms with Gasteiger partial charge >= 0.3 is 0 Å². The minimum Gasteiger partial charge on any atom is -0.493 e. The van der Waals surface area contributed by atoms with Crippen molar-refractivity contribution in [3.8, 4) is 11.8 Å². The van der Waals surface area contributed by atoms with Crippen molar-refractivity contribution in [3.63, 3.8) is 0 Å². The summed E-state index contributed by atoms with van der Waals surface area (Å²) in [5.74, 6) is 0.881. The zero-order valence-corrected chi connectivity index (χ0v) is 12.6. The largest absolute Gasteiger partial charge is 0.493 e. The highest BCUT2D eigenvalue weighted by Crippen LogP contribution is 2.48. The lowest BCUT2D eigenvalue weighted by molar-refractivity contribution is 0.236. The third kappa shape index (κ3) is 3.23. The fourth-order valence-electron chi connectivity index (χ4n) is 1.70. The monoisotopic (exact) mass is 357 g/mol. The number of benzene rings is 1. The molecule has 2 rings (SSSR count). The molecular weight excluding hydrogens is 346 g/mol. The maximum absolute atomic E-state index is 8.74. The zero-order chi connectivity index (χ0) is 12.3. The van der Waals surface area contributed by atoms with E-state index in [2.05, 4.69) is 37.9 Å². The molecule has 0 heterocycles. The molecule has 0 unspecified atom stereocenters. The summed E-state index contributed by atoms with van der Waals surface area (Å²) in [5, 5.41) is 9.54. The van der Waals surface area contributed by atoms with Crippen LogP contribution in [-0.2, 0) is 5.33 Å². The number of hydrogen-bond donors (Lipinski definition) is 0. The summed E-state index contributed by atoms with van der Waals surface area (Å²) in [5.41, 5.74) is 1.31. The second-order valence-corrected chi connectivity index (χ2v) is 5.93. The molecule has 0 amide bonds. The van der Waals surface area contributed by atoms with Crippen molar-refractivity contribution >= 4 is 31.9 Å². The number of nitrogens with zero attached hydrogens (tertiary/aromatic N) is 1. The third-order valence-electron chi connectivity index (χ3n) is 3.12. The second kappa shape index (κ2) is 5.41. The average molecular weight is 359 g/mol. The minimum absolute atomic E-state index is 0.135. The van der Waals surface area contributed by atoms with Gasteiger partial charge in [-0.3, -0.25) is 0 Å². The van der Waals surface area contributed by atoms with Crippen LogP contribution >= 0.6 is 31.9 Å². The summed E-state index contributed by atoms with van der Waals surface area (Å²) < 4.78 is 6.87. The normalized spacial score (nSPS) is 16.3. The number of alkyl halides is 1. The van der Waals surface area contributed by atoms with Gasteiger partial charge in [-0.15, -0.1) is 0 Å². The van der Waals surface area contributed by atoms with Crippen LogP contribution in [-0.4, -0.2) is 6.61 Å². The molecule has 4 heteroatoms. The van der Waals surface area contributed by atoms with Gasteiger partial charge in [-0.1, -0.05) is 31.9 Å². The lowest BCUT2D eigenvalue weighted by Crippen LogP contribution is -2.12. The predicted molar refractivity (Wildman–Crippen MR) is 74.2 cm³/mol. The van der Waals surface area contributed by atoms with Gasteiger partial charge in [0, 0.05) is 21.6 Å². The smallest absolute Gasteiger partial charge is 0.119 e. The number of nitriles is 1. The van der Waals surface area contributed by atoms with Gasteiger partial charge in [-0.25, -0.2) is 0 Å². The van der Waals surface area contributed by atoms with Gasteiger partial charge in [0.1, 0.15) is 5.75 Å². The number of halogens is 2. The van der Waals surface area contributed by atoms with Crippen molar-refractivity contribution in [3.05, 3.63) is 28.2 Å². The van der Waals surface area contributed by atoms with Crippen LogP contribution in [0.3, 0.4) is 0 Å². The van der Waals surface area contributed by atoms with E-state index >= 15 is 0 Å². The third-order valence-corrected chi connectivity index (χ3v) is 4.50. The molecule has 2 nitrogen and oxygen atoms in total. The molecule has 1 aromatic rings. The number of rotatable bonds is 5. The quantitative estimate of drug-likeness (QED) is 0.730. The van der Waals surface area contributed by atoms with Gasteiger partial charge in [0.2, 0.25) is 0 Å². The molecule has 1 fully saturated rings. The summed E-state index contributed by atoms with van der Waals surface area (Å²) >= 11 is 6.93. The van der Waals surface area contributed by atoms with E-state index in [4.69, 9.17) is 10.00 Å². The van der Waals surface area contributed by atoms with Gasteiger partial charge in [0.25, 0.3) is 0 Å². The van der Waals surface area contributed by atoms with Crippen molar-refractivity contribution in [1.82, 2.24) is 0 Å². The lowest BCUT2D eigenvalue weighted by atomic mass is 10.1. The molecule has 1 aliphatic rings. The van der Waals surface area contributed by atoms with E-state index in [0.717, 1.165) is 28.4 Å². The maximum Gasteiger partial charge on any atom is 0.119 e. The van der Waals surface area contributed by atoms with E-state index in [1.165, 1.54) is 5.56 Å². The van der Waals surface area contributed by atoms with Gasteiger partial charge in [0.15, 0.2) is 0 Å². The summed E-state index contributed by atoms with van der Waals surface area (Å²) in [6, 6.07) is 8.23. The highest BCUT2D eigenvalue weighted by atomic mass is 79.9. The van der Waals surface area contributed by atoms with Crippen molar-refractivity contribution in [2.45, 2.75) is 24.6 Å². The Labute approximate surface area is 118 Å². The van der Waals surface area contributed by atoms with Crippen LogP contribution in [0, 0.1) is 16.7 Å². The fourth-order valence-corrected chi connectivity index (χ4v) is 2.92.